The third-order valence-corrected chi connectivity index (χ3v) is 8.22. The molecule has 2 fully saturated rings. The van der Waals surface area contributed by atoms with Crippen LogP contribution in [-0.2, 0) is 4.79 Å². The van der Waals surface area contributed by atoms with Crippen molar-refractivity contribution in [1.82, 2.24) is 19.7 Å². The summed E-state index contributed by atoms with van der Waals surface area (Å²) >= 11 is 1.62. The van der Waals surface area contributed by atoms with Crippen molar-refractivity contribution >= 4 is 17.7 Å². The Labute approximate surface area is 211 Å². The Morgan fingerprint density at radius 3 is 2.69 bits per heavy atom. The van der Waals surface area contributed by atoms with E-state index in [0.29, 0.717) is 35.4 Å². The molecule has 0 spiro atoms. The van der Waals surface area contributed by atoms with Crippen molar-refractivity contribution < 1.29 is 13.9 Å². The molecule has 5 rings (SSSR count). The minimum atomic E-state index is 0.272. The molecule has 2 aromatic heterocycles. The van der Waals surface area contributed by atoms with Gasteiger partial charge in [-0.2, -0.15) is 0 Å². The normalized spacial score (nSPS) is 23.0. The fourth-order valence-corrected chi connectivity index (χ4v) is 7.07. The Hall–Kier alpha value is -2.74. The van der Waals surface area contributed by atoms with E-state index in [9.17, 15) is 4.79 Å². The van der Waals surface area contributed by atoms with Crippen molar-refractivity contribution in [2.75, 3.05) is 19.4 Å². The second-order valence-corrected chi connectivity index (χ2v) is 12.1. The van der Waals surface area contributed by atoms with E-state index in [1.165, 1.54) is 6.42 Å². The number of hydrogen-bond donors (Lipinski definition) is 0. The van der Waals surface area contributed by atoms with E-state index in [-0.39, 0.29) is 5.41 Å². The molecule has 2 atom stereocenters. The highest BCUT2D eigenvalue weighted by Gasteiger charge is 2.50. The SMILES string of the molecule is COc1ccc(-n2c(SCCCC(=O)N3CC4(C)CC3CC(C)(C)C4)nnc2-c2ccco2)cc1. The molecule has 0 N–H and O–H groups in total. The predicted octanol–water partition coefficient (Wildman–Crippen LogP) is 5.84. The Kier molecular flexibility index (Phi) is 6.42. The molecule has 8 heteroatoms. The van der Waals surface area contributed by atoms with Gasteiger partial charge >= 0.3 is 0 Å². The number of amides is 1. The van der Waals surface area contributed by atoms with E-state index in [1.807, 2.05) is 41.0 Å². The first-order valence-electron chi connectivity index (χ1n) is 12.3. The van der Waals surface area contributed by atoms with Crippen LogP contribution in [0.4, 0.5) is 0 Å². The fraction of sp³-hybridized carbons (Fsp3) is 0.519. The van der Waals surface area contributed by atoms with Crippen LogP contribution < -0.4 is 4.74 Å². The number of carbonyl (C=O) groups is 1. The van der Waals surface area contributed by atoms with Gasteiger partial charge in [0.25, 0.3) is 0 Å². The van der Waals surface area contributed by atoms with Gasteiger partial charge < -0.3 is 14.1 Å². The van der Waals surface area contributed by atoms with Crippen molar-refractivity contribution in [3.05, 3.63) is 42.7 Å². The Morgan fingerprint density at radius 1 is 1.17 bits per heavy atom. The number of thioether (sulfide) groups is 1. The Bertz CT molecular complexity index is 1170. The van der Waals surface area contributed by atoms with Crippen LogP contribution in [0, 0.1) is 10.8 Å². The molecule has 186 valence electrons. The molecule has 1 amide bonds. The molecule has 1 aliphatic carbocycles. The molecule has 2 aliphatic rings. The molecule has 1 aromatic carbocycles. The summed E-state index contributed by atoms with van der Waals surface area (Å²) in [4.78, 5) is 15.3. The highest BCUT2D eigenvalue weighted by Crippen LogP contribution is 2.52. The Balaban J connectivity index is 1.24. The molecule has 1 saturated heterocycles. The summed E-state index contributed by atoms with van der Waals surface area (Å²) in [7, 11) is 1.65. The first kappa shape index (κ1) is 24.0. The molecule has 2 bridgehead atoms. The summed E-state index contributed by atoms with van der Waals surface area (Å²) in [6, 6.07) is 11.9. The number of nitrogens with zero attached hydrogens (tertiary/aromatic N) is 4. The summed E-state index contributed by atoms with van der Waals surface area (Å²) < 4.78 is 12.9. The van der Waals surface area contributed by atoms with Crippen molar-refractivity contribution in [2.24, 2.45) is 10.8 Å². The summed E-state index contributed by atoms with van der Waals surface area (Å²) in [5, 5.41) is 9.63. The van der Waals surface area contributed by atoms with Crippen molar-refractivity contribution in [1.29, 1.82) is 0 Å². The lowest BCUT2D eigenvalue weighted by Gasteiger charge is -2.39. The average Bonchev–Trinajstić information content (AvgIpc) is 3.53. The molecular weight excluding hydrogens is 460 g/mol. The van der Waals surface area contributed by atoms with Gasteiger partial charge in [-0.25, -0.2) is 0 Å². The lowest BCUT2D eigenvalue weighted by Crippen LogP contribution is -2.37. The van der Waals surface area contributed by atoms with Crippen LogP contribution in [-0.4, -0.2) is 51.0 Å². The molecule has 7 nitrogen and oxygen atoms in total. The topological polar surface area (TPSA) is 73.4 Å². The highest BCUT2D eigenvalue weighted by atomic mass is 32.2. The van der Waals surface area contributed by atoms with Gasteiger partial charge in [-0.05, 0) is 72.9 Å². The van der Waals surface area contributed by atoms with Crippen LogP contribution in [0.2, 0.25) is 0 Å². The Morgan fingerprint density at radius 2 is 1.97 bits per heavy atom. The number of rotatable bonds is 8. The third-order valence-electron chi connectivity index (χ3n) is 7.21. The second-order valence-electron chi connectivity index (χ2n) is 11.0. The van der Waals surface area contributed by atoms with Gasteiger partial charge in [0.05, 0.1) is 19.1 Å². The first-order valence-corrected chi connectivity index (χ1v) is 13.3. The molecule has 3 aromatic rings. The van der Waals surface area contributed by atoms with E-state index in [1.54, 1.807) is 25.1 Å². The van der Waals surface area contributed by atoms with Crippen LogP contribution in [0.25, 0.3) is 17.3 Å². The molecule has 1 aliphatic heterocycles. The van der Waals surface area contributed by atoms with E-state index in [0.717, 1.165) is 48.2 Å². The van der Waals surface area contributed by atoms with Crippen molar-refractivity contribution in [3.8, 4) is 23.0 Å². The minimum Gasteiger partial charge on any atom is -0.497 e. The van der Waals surface area contributed by atoms with Crippen LogP contribution >= 0.6 is 11.8 Å². The third kappa shape index (κ3) is 4.99. The lowest BCUT2D eigenvalue weighted by molar-refractivity contribution is -0.132. The van der Waals surface area contributed by atoms with E-state index in [4.69, 9.17) is 9.15 Å². The van der Waals surface area contributed by atoms with Gasteiger partial charge in [0.1, 0.15) is 5.75 Å². The fourth-order valence-electron chi connectivity index (χ4n) is 6.17. The number of benzene rings is 1. The highest BCUT2D eigenvalue weighted by molar-refractivity contribution is 7.99. The zero-order valence-electron chi connectivity index (χ0n) is 21.0. The van der Waals surface area contributed by atoms with E-state index in [2.05, 4.69) is 35.9 Å². The summed E-state index contributed by atoms with van der Waals surface area (Å²) in [6.07, 6.45) is 6.48. The quantitative estimate of drug-likeness (QED) is 0.290. The maximum atomic E-state index is 13.1. The number of ether oxygens (including phenoxy) is 1. The maximum absolute atomic E-state index is 13.1. The number of likely N-dealkylation sites (tertiary alicyclic amines) is 1. The molecular formula is C27H34N4O3S. The summed E-state index contributed by atoms with van der Waals surface area (Å²) in [5.74, 6) is 3.19. The molecule has 3 heterocycles. The van der Waals surface area contributed by atoms with Crippen LogP contribution in [0.5, 0.6) is 5.75 Å². The average molecular weight is 495 g/mol. The first-order chi connectivity index (χ1) is 16.8. The van der Waals surface area contributed by atoms with Gasteiger partial charge in [-0.15, -0.1) is 10.2 Å². The molecule has 1 saturated carbocycles. The maximum Gasteiger partial charge on any atom is 0.222 e. The van der Waals surface area contributed by atoms with Crippen molar-refractivity contribution in [3.63, 3.8) is 0 Å². The summed E-state index contributed by atoms with van der Waals surface area (Å²) in [6.45, 7) is 7.95. The van der Waals surface area contributed by atoms with Crippen LogP contribution in [0.15, 0.2) is 52.2 Å². The van der Waals surface area contributed by atoms with Gasteiger partial charge in [0, 0.05) is 24.8 Å². The van der Waals surface area contributed by atoms with Gasteiger partial charge in [-0.3, -0.25) is 9.36 Å². The number of carbonyl (C=O) groups excluding carboxylic acids is 1. The lowest BCUT2D eigenvalue weighted by atomic mass is 9.65. The molecule has 0 radical (unpaired) electrons. The predicted molar refractivity (Wildman–Crippen MR) is 137 cm³/mol. The van der Waals surface area contributed by atoms with E-state index < -0.39 is 0 Å². The monoisotopic (exact) mass is 494 g/mol. The zero-order chi connectivity index (χ0) is 24.6. The largest absolute Gasteiger partial charge is 0.497 e. The standard InChI is InChI=1S/C27H34N4O3S/c1-26(2)15-20-16-27(3,17-26)18-30(20)23(32)8-6-14-35-25-29-28-24(22-7-5-13-34-22)31(25)19-9-11-21(33-4)12-10-19/h5,7,9-13,20H,6,8,14-18H2,1-4H3. The van der Waals surface area contributed by atoms with Gasteiger partial charge in [0.2, 0.25) is 11.7 Å². The number of furan rings is 1. The zero-order valence-corrected chi connectivity index (χ0v) is 21.8. The smallest absolute Gasteiger partial charge is 0.222 e. The van der Waals surface area contributed by atoms with Gasteiger partial charge in [0.15, 0.2) is 10.9 Å². The minimum absolute atomic E-state index is 0.272. The molecule has 35 heavy (non-hydrogen) atoms. The van der Waals surface area contributed by atoms with Gasteiger partial charge in [-0.1, -0.05) is 32.5 Å². The number of hydrogen-bond acceptors (Lipinski definition) is 6. The van der Waals surface area contributed by atoms with Crippen LogP contribution in [0.1, 0.15) is 52.9 Å². The number of aromatic nitrogens is 3. The van der Waals surface area contributed by atoms with E-state index >= 15 is 0 Å². The second kappa shape index (κ2) is 9.37. The van der Waals surface area contributed by atoms with Crippen molar-refractivity contribution in [2.45, 2.75) is 64.1 Å². The number of methoxy groups -OCH3 is 1. The number of fused-ring (bicyclic) bond motifs is 2. The summed E-state index contributed by atoms with van der Waals surface area (Å²) in [5.41, 5.74) is 1.52. The molecule has 2 unspecified atom stereocenters. The van der Waals surface area contributed by atoms with Crippen LogP contribution in [0.3, 0.4) is 0 Å².